The van der Waals surface area contributed by atoms with Crippen LogP contribution in [0.5, 0.6) is 0 Å². The molecule has 154 valence electrons. The Bertz CT molecular complexity index is 758. The Morgan fingerprint density at radius 3 is 2.79 bits per heavy atom. The van der Waals surface area contributed by atoms with Gasteiger partial charge in [-0.1, -0.05) is 6.92 Å². The molecule has 0 unspecified atom stereocenters. The lowest BCUT2D eigenvalue weighted by atomic mass is 9.97. The van der Waals surface area contributed by atoms with E-state index >= 15 is 0 Å². The molecule has 28 heavy (non-hydrogen) atoms. The highest BCUT2D eigenvalue weighted by molar-refractivity contribution is 7.09. The van der Waals surface area contributed by atoms with E-state index in [0.29, 0.717) is 5.92 Å². The highest BCUT2D eigenvalue weighted by Crippen LogP contribution is 2.19. The third kappa shape index (κ3) is 5.78. The molecule has 1 aliphatic rings. The van der Waals surface area contributed by atoms with Crippen molar-refractivity contribution in [3.63, 3.8) is 0 Å². The van der Waals surface area contributed by atoms with Crippen LogP contribution in [0.25, 0.3) is 0 Å². The van der Waals surface area contributed by atoms with Gasteiger partial charge in [-0.25, -0.2) is 4.98 Å². The molecular weight excluding hydrogens is 370 g/mol. The first-order chi connectivity index (χ1) is 13.6. The zero-order chi connectivity index (χ0) is 19.9. The summed E-state index contributed by atoms with van der Waals surface area (Å²) in [5.41, 5.74) is 2.42. The number of hydrogen-bond acceptors (Lipinski definition) is 5. The number of piperidine rings is 1. The molecule has 0 aromatic carbocycles. The molecule has 2 aromatic heterocycles. The fourth-order valence-corrected chi connectivity index (χ4v) is 4.42. The van der Waals surface area contributed by atoms with Gasteiger partial charge in [-0.15, -0.1) is 11.3 Å². The molecule has 0 amide bonds. The van der Waals surface area contributed by atoms with E-state index in [-0.39, 0.29) is 0 Å². The first-order valence-electron chi connectivity index (χ1n) is 10.1. The van der Waals surface area contributed by atoms with Crippen molar-refractivity contribution in [2.75, 3.05) is 33.7 Å². The largest absolute Gasteiger partial charge is 0.356 e. The summed E-state index contributed by atoms with van der Waals surface area (Å²) < 4.78 is 1.84. The number of hydrogen-bond donors (Lipinski definition) is 1. The number of thiazole rings is 1. The van der Waals surface area contributed by atoms with Gasteiger partial charge in [0.25, 0.3) is 0 Å². The van der Waals surface area contributed by atoms with Crippen molar-refractivity contribution in [2.45, 2.75) is 39.3 Å². The van der Waals surface area contributed by atoms with Gasteiger partial charge in [-0.05, 0) is 38.3 Å². The molecule has 8 heteroatoms. The Morgan fingerprint density at radius 2 is 2.18 bits per heavy atom. The molecule has 2 aromatic rings. The van der Waals surface area contributed by atoms with Gasteiger partial charge < -0.3 is 10.2 Å². The van der Waals surface area contributed by atoms with Crippen molar-refractivity contribution in [3.8, 4) is 0 Å². The van der Waals surface area contributed by atoms with Crippen LogP contribution in [-0.2, 0) is 26.6 Å². The quantitative estimate of drug-likeness (QED) is 0.568. The van der Waals surface area contributed by atoms with Crippen molar-refractivity contribution in [1.82, 2.24) is 29.9 Å². The van der Waals surface area contributed by atoms with Crippen LogP contribution in [0.2, 0.25) is 0 Å². The van der Waals surface area contributed by atoms with Crippen LogP contribution in [-0.4, -0.2) is 64.3 Å². The van der Waals surface area contributed by atoms with Gasteiger partial charge in [0.05, 0.1) is 16.9 Å². The van der Waals surface area contributed by atoms with E-state index in [1.54, 1.807) is 11.3 Å². The summed E-state index contributed by atoms with van der Waals surface area (Å²) in [4.78, 5) is 13.8. The van der Waals surface area contributed by atoms with Gasteiger partial charge in [0.2, 0.25) is 0 Å². The standard InChI is InChI=1S/C20H33N7S/c1-5-19-24-18(15-28-19)14-27-8-6-16(7-9-27)10-22-20(21-2)25(3)12-17-11-23-26(4)13-17/h11,13,15-16H,5-10,12,14H2,1-4H3,(H,21,22). The number of nitrogens with zero attached hydrogens (tertiary/aromatic N) is 6. The van der Waals surface area contributed by atoms with Crippen molar-refractivity contribution < 1.29 is 0 Å². The highest BCUT2D eigenvalue weighted by Gasteiger charge is 2.20. The zero-order valence-electron chi connectivity index (χ0n) is 17.6. The second-order valence-electron chi connectivity index (χ2n) is 7.61. The van der Waals surface area contributed by atoms with E-state index in [2.05, 4.69) is 44.6 Å². The molecule has 0 radical (unpaired) electrons. The molecule has 0 atom stereocenters. The minimum absolute atomic E-state index is 0.696. The third-order valence-corrected chi connectivity index (χ3v) is 6.34. The summed E-state index contributed by atoms with van der Waals surface area (Å²) in [6, 6.07) is 0. The minimum atomic E-state index is 0.696. The Hall–Kier alpha value is -1.93. The minimum Gasteiger partial charge on any atom is -0.356 e. The van der Waals surface area contributed by atoms with Crippen LogP contribution in [0.3, 0.4) is 0 Å². The molecule has 7 nitrogen and oxygen atoms in total. The molecule has 3 rings (SSSR count). The normalized spacial score (nSPS) is 16.5. The molecule has 1 aliphatic heterocycles. The second kappa shape index (κ2) is 10.0. The SMILES string of the molecule is CCc1nc(CN2CCC(CNC(=NC)N(C)Cc3cnn(C)c3)CC2)cs1. The maximum Gasteiger partial charge on any atom is 0.193 e. The lowest BCUT2D eigenvalue weighted by molar-refractivity contribution is 0.176. The topological polar surface area (TPSA) is 61.6 Å². The number of aryl methyl sites for hydroxylation is 2. The van der Waals surface area contributed by atoms with Gasteiger partial charge in [-0.2, -0.15) is 5.10 Å². The average Bonchev–Trinajstić information content (AvgIpc) is 3.32. The van der Waals surface area contributed by atoms with Crippen molar-refractivity contribution >= 4 is 17.3 Å². The molecule has 0 aliphatic carbocycles. The van der Waals surface area contributed by atoms with Crippen LogP contribution in [0.15, 0.2) is 22.8 Å². The number of nitrogens with one attached hydrogen (secondary N) is 1. The summed E-state index contributed by atoms with van der Waals surface area (Å²) in [5, 5.41) is 11.3. The van der Waals surface area contributed by atoms with E-state index < -0.39 is 0 Å². The van der Waals surface area contributed by atoms with Crippen LogP contribution in [0, 0.1) is 5.92 Å². The van der Waals surface area contributed by atoms with Gasteiger partial charge in [-0.3, -0.25) is 14.6 Å². The first-order valence-corrected chi connectivity index (χ1v) is 11.0. The summed E-state index contributed by atoms with van der Waals surface area (Å²) in [6.07, 6.45) is 7.44. The fourth-order valence-electron chi connectivity index (χ4n) is 3.68. The van der Waals surface area contributed by atoms with E-state index in [4.69, 9.17) is 4.98 Å². The Labute approximate surface area is 172 Å². The van der Waals surface area contributed by atoms with E-state index in [0.717, 1.165) is 45.1 Å². The highest BCUT2D eigenvalue weighted by atomic mass is 32.1. The molecule has 1 saturated heterocycles. The summed E-state index contributed by atoms with van der Waals surface area (Å²) in [6.45, 7) is 7.24. The van der Waals surface area contributed by atoms with Crippen LogP contribution < -0.4 is 5.32 Å². The predicted molar refractivity (Wildman–Crippen MR) is 116 cm³/mol. The van der Waals surface area contributed by atoms with E-state index in [1.165, 1.54) is 29.1 Å². The Balaban J connectivity index is 1.40. The Morgan fingerprint density at radius 1 is 1.39 bits per heavy atom. The molecule has 0 saturated carbocycles. The third-order valence-electron chi connectivity index (χ3n) is 5.29. The second-order valence-corrected chi connectivity index (χ2v) is 8.55. The van der Waals surface area contributed by atoms with Gasteiger partial charge in [0, 0.05) is 57.9 Å². The fraction of sp³-hybridized carbons (Fsp3) is 0.650. The number of aliphatic imine (C=N–C) groups is 1. The van der Waals surface area contributed by atoms with Gasteiger partial charge in [0.1, 0.15) is 0 Å². The molecular formula is C20H33N7S. The smallest absolute Gasteiger partial charge is 0.193 e. The van der Waals surface area contributed by atoms with Crippen LogP contribution in [0.1, 0.15) is 36.0 Å². The molecule has 1 N–H and O–H groups in total. The van der Waals surface area contributed by atoms with Crippen molar-refractivity contribution in [3.05, 3.63) is 34.0 Å². The molecule has 0 spiro atoms. The van der Waals surface area contributed by atoms with Crippen molar-refractivity contribution in [2.24, 2.45) is 18.0 Å². The summed E-state index contributed by atoms with van der Waals surface area (Å²) in [5.74, 6) is 1.64. The summed E-state index contributed by atoms with van der Waals surface area (Å²) >= 11 is 1.79. The molecule has 1 fully saturated rings. The Kier molecular flexibility index (Phi) is 7.44. The average molecular weight is 404 g/mol. The maximum atomic E-state index is 4.71. The lowest BCUT2D eigenvalue weighted by Gasteiger charge is -2.32. The number of likely N-dealkylation sites (tertiary alicyclic amines) is 1. The van der Waals surface area contributed by atoms with E-state index in [9.17, 15) is 0 Å². The van der Waals surface area contributed by atoms with Gasteiger partial charge in [0.15, 0.2) is 5.96 Å². The number of rotatable bonds is 7. The van der Waals surface area contributed by atoms with Crippen LogP contribution in [0.4, 0.5) is 0 Å². The first kappa shape index (κ1) is 20.8. The molecule has 3 heterocycles. The van der Waals surface area contributed by atoms with Gasteiger partial charge >= 0.3 is 0 Å². The lowest BCUT2D eigenvalue weighted by Crippen LogP contribution is -2.43. The predicted octanol–water partition coefficient (Wildman–Crippen LogP) is 2.36. The number of guanidine groups is 1. The monoisotopic (exact) mass is 403 g/mol. The number of aromatic nitrogens is 3. The molecule has 0 bridgehead atoms. The van der Waals surface area contributed by atoms with E-state index in [1.807, 2.05) is 31.2 Å². The van der Waals surface area contributed by atoms with Crippen LogP contribution >= 0.6 is 11.3 Å². The summed E-state index contributed by atoms with van der Waals surface area (Å²) in [7, 11) is 5.87. The van der Waals surface area contributed by atoms with Crippen molar-refractivity contribution in [1.29, 1.82) is 0 Å². The maximum absolute atomic E-state index is 4.71. The zero-order valence-corrected chi connectivity index (χ0v) is 18.4.